The topological polar surface area (TPSA) is 81.9 Å². The summed E-state index contributed by atoms with van der Waals surface area (Å²) in [7, 11) is 0. The Kier molecular flexibility index (Phi) is 3.23. The van der Waals surface area contributed by atoms with Crippen LogP contribution >= 0.6 is 0 Å². The van der Waals surface area contributed by atoms with Gasteiger partial charge in [-0.2, -0.15) is 0 Å². The number of aromatic nitrogens is 4. The number of ether oxygens (including phenoxy) is 1. The van der Waals surface area contributed by atoms with Crippen LogP contribution in [0.5, 0.6) is 5.75 Å². The number of benzene rings is 1. The van der Waals surface area contributed by atoms with Crippen LogP contribution < -0.4 is 10.1 Å². The van der Waals surface area contributed by atoms with E-state index >= 15 is 0 Å². The van der Waals surface area contributed by atoms with Crippen molar-refractivity contribution in [3.8, 4) is 11.4 Å². The highest BCUT2D eigenvalue weighted by molar-refractivity contribution is 6.03. The van der Waals surface area contributed by atoms with E-state index in [4.69, 9.17) is 4.74 Å². The molecule has 0 saturated heterocycles. The minimum absolute atomic E-state index is 0.0849. The largest absolute Gasteiger partial charge is 0.485 e. The molecule has 4 rings (SSSR count). The van der Waals surface area contributed by atoms with Gasteiger partial charge in [-0.15, -0.1) is 5.10 Å². The molecule has 1 aromatic carbocycles. The molecular formula is C16H12FN5O2. The Labute approximate surface area is 136 Å². The Balaban J connectivity index is 1.67. The van der Waals surface area contributed by atoms with Gasteiger partial charge in [-0.25, -0.2) is 9.07 Å². The lowest BCUT2D eigenvalue weighted by atomic mass is 10.2. The summed E-state index contributed by atoms with van der Waals surface area (Å²) in [6.07, 6.45) is 1.61. The standard InChI is InChI=1S/C16H12FN5O2/c1-9-6-11(4-5-18-9)19-16(23)15-13-8-24-14-7-10(17)2-3-12(14)22(13)21-20-15/h2-7H,8H2,1H3,(H,18,19,23). The molecule has 0 atom stereocenters. The molecule has 1 aliphatic heterocycles. The van der Waals surface area contributed by atoms with Gasteiger partial charge in [0.25, 0.3) is 5.91 Å². The van der Waals surface area contributed by atoms with Crippen LogP contribution in [-0.2, 0) is 6.61 Å². The Morgan fingerprint density at radius 3 is 3.04 bits per heavy atom. The summed E-state index contributed by atoms with van der Waals surface area (Å²) in [6, 6.07) is 7.56. The molecule has 0 aliphatic carbocycles. The first-order valence-corrected chi connectivity index (χ1v) is 7.23. The molecule has 3 aromatic rings. The monoisotopic (exact) mass is 325 g/mol. The number of pyridine rings is 1. The second kappa shape index (κ2) is 5.41. The number of amides is 1. The van der Waals surface area contributed by atoms with Crippen molar-refractivity contribution in [3.63, 3.8) is 0 Å². The molecule has 0 spiro atoms. The highest BCUT2D eigenvalue weighted by Gasteiger charge is 2.26. The molecule has 0 saturated carbocycles. The minimum Gasteiger partial charge on any atom is -0.485 e. The summed E-state index contributed by atoms with van der Waals surface area (Å²) in [6.45, 7) is 1.92. The van der Waals surface area contributed by atoms with E-state index in [9.17, 15) is 9.18 Å². The van der Waals surface area contributed by atoms with E-state index in [1.54, 1.807) is 18.3 Å². The third kappa shape index (κ3) is 2.37. The van der Waals surface area contributed by atoms with E-state index in [-0.39, 0.29) is 12.3 Å². The Morgan fingerprint density at radius 1 is 1.33 bits per heavy atom. The number of hydrogen-bond acceptors (Lipinski definition) is 5. The summed E-state index contributed by atoms with van der Waals surface area (Å²) in [5.74, 6) is -0.427. The fraction of sp³-hybridized carbons (Fsp3) is 0.125. The van der Waals surface area contributed by atoms with Crippen LogP contribution in [0.15, 0.2) is 36.5 Å². The number of halogens is 1. The zero-order valence-electron chi connectivity index (χ0n) is 12.7. The zero-order valence-corrected chi connectivity index (χ0v) is 12.7. The number of nitrogens with zero attached hydrogens (tertiary/aromatic N) is 4. The van der Waals surface area contributed by atoms with Crippen LogP contribution in [0.25, 0.3) is 5.69 Å². The van der Waals surface area contributed by atoms with Crippen molar-refractivity contribution < 1.29 is 13.9 Å². The number of fused-ring (bicyclic) bond motifs is 3. The summed E-state index contributed by atoms with van der Waals surface area (Å²) in [4.78, 5) is 16.5. The van der Waals surface area contributed by atoms with Gasteiger partial charge < -0.3 is 10.1 Å². The molecule has 0 unspecified atom stereocenters. The summed E-state index contributed by atoms with van der Waals surface area (Å²) in [5, 5.41) is 10.7. The van der Waals surface area contributed by atoms with E-state index in [2.05, 4.69) is 20.6 Å². The average molecular weight is 325 g/mol. The fourth-order valence-electron chi connectivity index (χ4n) is 2.54. The number of rotatable bonds is 2. The second-order valence-electron chi connectivity index (χ2n) is 5.34. The molecule has 120 valence electrons. The van der Waals surface area contributed by atoms with Gasteiger partial charge in [-0.1, -0.05) is 5.21 Å². The highest BCUT2D eigenvalue weighted by atomic mass is 19.1. The number of anilines is 1. The predicted octanol–water partition coefficient (Wildman–Crippen LogP) is 2.25. The van der Waals surface area contributed by atoms with E-state index in [0.717, 1.165) is 5.69 Å². The average Bonchev–Trinajstić information content (AvgIpc) is 2.99. The van der Waals surface area contributed by atoms with Crippen LogP contribution in [0.4, 0.5) is 10.1 Å². The first-order valence-electron chi connectivity index (χ1n) is 7.23. The van der Waals surface area contributed by atoms with Crippen molar-refractivity contribution in [2.75, 3.05) is 5.32 Å². The van der Waals surface area contributed by atoms with Gasteiger partial charge >= 0.3 is 0 Å². The fourth-order valence-corrected chi connectivity index (χ4v) is 2.54. The lowest BCUT2D eigenvalue weighted by Crippen LogP contribution is -2.19. The number of hydrogen-bond donors (Lipinski definition) is 1. The van der Waals surface area contributed by atoms with E-state index in [0.29, 0.717) is 22.8 Å². The maximum Gasteiger partial charge on any atom is 0.278 e. The zero-order chi connectivity index (χ0) is 16.7. The number of nitrogens with one attached hydrogen (secondary N) is 1. The normalized spacial score (nSPS) is 12.1. The summed E-state index contributed by atoms with van der Waals surface area (Å²) in [5.41, 5.74) is 2.63. The van der Waals surface area contributed by atoms with Gasteiger partial charge in [0.2, 0.25) is 0 Å². The summed E-state index contributed by atoms with van der Waals surface area (Å²) >= 11 is 0. The van der Waals surface area contributed by atoms with Crippen LogP contribution in [0.2, 0.25) is 0 Å². The molecule has 2 aromatic heterocycles. The third-order valence-corrected chi connectivity index (χ3v) is 3.65. The molecule has 1 N–H and O–H groups in total. The van der Waals surface area contributed by atoms with Crippen molar-refractivity contribution in [2.45, 2.75) is 13.5 Å². The van der Waals surface area contributed by atoms with Gasteiger partial charge in [0.05, 0.1) is 0 Å². The lowest BCUT2D eigenvalue weighted by Gasteiger charge is -2.18. The molecular weight excluding hydrogens is 313 g/mol. The van der Waals surface area contributed by atoms with E-state index < -0.39 is 11.7 Å². The third-order valence-electron chi connectivity index (χ3n) is 3.65. The molecule has 24 heavy (non-hydrogen) atoms. The number of carbonyl (C=O) groups is 1. The molecule has 1 aliphatic rings. The highest BCUT2D eigenvalue weighted by Crippen LogP contribution is 2.30. The predicted molar refractivity (Wildman–Crippen MR) is 82.6 cm³/mol. The SMILES string of the molecule is Cc1cc(NC(=O)c2nnn3c2COc2cc(F)ccc2-3)ccn1. The maximum atomic E-state index is 13.3. The molecule has 0 bridgehead atoms. The van der Waals surface area contributed by atoms with Gasteiger partial charge in [0, 0.05) is 23.6 Å². The molecule has 8 heteroatoms. The first kappa shape index (κ1) is 14.3. The van der Waals surface area contributed by atoms with Crippen molar-refractivity contribution in [3.05, 3.63) is 59.4 Å². The number of carbonyl (C=O) groups excluding carboxylic acids is 1. The van der Waals surface area contributed by atoms with Crippen LogP contribution in [0.1, 0.15) is 21.9 Å². The Hall–Kier alpha value is -3.29. The quantitative estimate of drug-likeness (QED) is 0.781. The van der Waals surface area contributed by atoms with Crippen molar-refractivity contribution in [1.82, 2.24) is 20.0 Å². The van der Waals surface area contributed by atoms with E-state index in [1.165, 1.54) is 22.9 Å². The molecule has 7 nitrogen and oxygen atoms in total. The minimum atomic E-state index is -0.400. The van der Waals surface area contributed by atoms with E-state index in [1.807, 2.05) is 6.92 Å². The lowest BCUT2D eigenvalue weighted by molar-refractivity contribution is 0.101. The second-order valence-corrected chi connectivity index (χ2v) is 5.34. The number of aryl methyl sites for hydroxylation is 1. The molecule has 3 heterocycles. The maximum absolute atomic E-state index is 13.3. The molecule has 0 fully saturated rings. The molecule has 1 amide bonds. The van der Waals surface area contributed by atoms with Crippen LogP contribution in [0.3, 0.4) is 0 Å². The Morgan fingerprint density at radius 2 is 2.21 bits per heavy atom. The Bertz CT molecular complexity index is 953. The van der Waals surface area contributed by atoms with Crippen LogP contribution in [0, 0.1) is 12.7 Å². The smallest absolute Gasteiger partial charge is 0.278 e. The van der Waals surface area contributed by atoms with Gasteiger partial charge in [-0.3, -0.25) is 9.78 Å². The van der Waals surface area contributed by atoms with Gasteiger partial charge in [0.1, 0.15) is 29.6 Å². The van der Waals surface area contributed by atoms with Gasteiger partial charge in [0.15, 0.2) is 5.69 Å². The van der Waals surface area contributed by atoms with Crippen LogP contribution in [-0.4, -0.2) is 25.9 Å². The summed E-state index contributed by atoms with van der Waals surface area (Å²) < 4.78 is 20.3. The van der Waals surface area contributed by atoms with Crippen molar-refractivity contribution in [1.29, 1.82) is 0 Å². The molecule has 0 radical (unpaired) electrons. The first-order chi connectivity index (χ1) is 11.6. The van der Waals surface area contributed by atoms with Gasteiger partial charge in [-0.05, 0) is 31.2 Å². The van der Waals surface area contributed by atoms with Crippen molar-refractivity contribution >= 4 is 11.6 Å². The van der Waals surface area contributed by atoms with Crippen molar-refractivity contribution in [2.24, 2.45) is 0 Å².